The molecule has 6 heteroatoms. The van der Waals surface area contributed by atoms with Crippen molar-refractivity contribution in [2.45, 2.75) is 59.0 Å². The molecule has 2 rings (SSSR count). The lowest BCUT2D eigenvalue weighted by atomic mass is 10.1. The highest BCUT2D eigenvalue weighted by Gasteiger charge is 2.14. The van der Waals surface area contributed by atoms with Crippen LogP contribution in [0.2, 0.25) is 0 Å². The van der Waals surface area contributed by atoms with Gasteiger partial charge in [-0.15, -0.1) is 0 Å². The first kappa shape index (κ1) is 24.4. The first-order valence-corrected chi connectivity index (χ1v) is 11.5. The van der Waals surface area contributed by atoms with Crippen molar-refractivity contribution in [3.05, 3.63) is 35.4 Å². The Kier molecular flexibility index (Phi) is 10.9. The highest BCUT2D eigenvalue weighted by Crippen LogP contribution is 2.10. The van der Waals surface area contributed by atoms with Crippen molar-refractivity contribution in [3.8, 4) is 0 Å². The van der Waals surface area contributed by atoms with Crippen LogP contribution in [0.4, 0.5) is 0 Å². The number of amides is 2. The fourth-order valence-electron chi connectivity index (χ4n) is 3.78. The van der Waals surface area contributed by atoms with E-state index in [1.165, 1.54) is 5.56 Å². The fourth-order valence-corrected chi connectivity index (χ4v) is 3.78. The molecular formula is C24H40N4O2. The molecule has 6 nitrogen and oxygen atoms in total. The van der Waals surface area contributed by atoms with Crippen LogP contribution >= 0.6 is 0 Å². The van der Waals surface area contributed by atoms with E-state index in [2.05, 4.69) is 60.3 Å². The average Bonchev–Trinajstić information content (AvgIpc) is 2.74. The van der Waals surface area contributed by atoms with E-state index in [9.17, 15) is 9.59 Å². The SMILES string of the molecule is CCCN(CCC)C(=O)CCCC(=O)NCc1ccc(CN2CCN(C)CC2)cc1. The highest BCUT2D eigenvalue weighted by molar-refractivity contribution is 5.79. The Labute approximate surface area is 182 Å². The second-order valence-corrected chi connectivity index (χ2v) is 8.41. The van der Waals surface area contributed by atoms with Gasteiger partial charge in [0.1, 0.15) is 0 Å². The van der Waals surface area contributed by atoms with E-state index >= 15 is 0 Å². The van der Waals surface area contributed by atoms with E-state index in [4.69, 9.17) is 0 Å². The van der Waals surface area contributed by atoms with Crippen LogP contribution in [-0.4, -0.2) is 72.8 Å². The van der Waals surface area contributed by atoms with Crippen molar-refractivity contribution in [2.75, 3.05) is 46.3 Å². The summed E-state index contributed by atoms with van der Waals surface area (Å²) in [7, 11) is 2.17. The zero-order valence-electron chi connectivity index (χ0n) is 19.2. The van der Waals surface area contributed by atoms with Crippen molar-refractivity contribution in [1.82, 2.24) is 20.0 Å². The molecule has 0 atom stereocenters. The second-order valence-electron chi connectivity index (χ2n) is 8.41. The molecule has 1 aromatic carbocycles. The predicted molar refractivity (Wildman–Crippen MR) is 122 cm³/mol. The quantitative estimate of drug-likeness (QED) is 0.569. The van der Waals surface area contributed by atoms with Crippen molar-refractivity contribution in [2.24, 2.45) is 0 Å². The van der Waals surface area contributed by atoms with Gasteiger partial charge in [-0.1, -0.05) is 38.1 Å². The Bertz CT molecular complexity index is 633. The Hall–Kier alpha value is -1.92. The molecule has 0 aliphatic carbocycles. The van der Waals surface area contributed by atoms with Gasteiger partial charge >= 0.3 is 0 Å². The molecule has 1 aliphatic rings. The lowest BCUT2D eigenvalue weighted by molar-refractivity contribution is -0.131. The Morgan fingerprint density at radius 3 is 2.13 bits per heavy atom. The molecule has 0 spiro atoms. The van der Waals surface area contributed by atoms with Crippen LogP contribution in [0, 0.1) is 0 Å². The maximum atomic E-state index is 12.3. The molecule has 168 valence electrons. The first-order valence-electron chi connectivity index (χ1n) is 11.5. The molecule has 1 saturated heterocycles. The number of hydrogen-bond donors (Lipinski definition) is 1. The van der Waals surface area contributed by atoms with Crippen LogP contribution in [0.3, 0.4) is 0 Å². The molecule has 0 aromatic heterocycles. The van der Waals surface area contributed by atoms with Crippen LogP contribution in [0.1, 0.15) is 57.1 Å². The third-order valence-corrected chi connectivity index (χ3v) is 5.65. The Morgan fingerprint density at radius 2 is 1.53 bits per heavy atom. The molecule has 1 heterocycles. The molecule has 30 heavy (non-hydrogen) atoms. The number of nitrogens with one attached hydrogen (secondary N) is 1. The standard InChI is InChI=1S/C24H40N4O2/c1-4-13-28(14-5-2)24(30)8-6-7-23(29)25-19-21-9-11-22(12-10-21)20-27-17-15-26(3)16-18-27/h9-12H,4-8,13-20H2,1-3H3,(H,25,29). The number of likely N-dealkylation sites (N-methyl/N-ethyl adjacent to an activating group) is 1. The van der Waals surface area contributed by atoms with Crippen molar-refractivity contribution >= 4 is 11.8 Å². The smallest absolute Gasteiger partial charge is 0.222 e. The van der Waals surface area contributed by atoms with E-state index in [1.807, 2.05) is 4.90 Å². The van der Waals surface area contributed by atoms with Gasteiger partial charge in [0.25, 0.3) is 0 Å². The van der Waals surface area contributed by atoms with Gasteiger partial charge in [-0.2, -0.15) is 0 Å². The summed E-state index contributed by atoms with van der Waals surface area (Å²) >= 11 is 0. The van der Waals surface area contributed by atoms with E-state index in [-0.39, 0.29) is 11.8 Å². The number of rotatable bonds is 12. The summed E-state index contributed by atoms with van der Waals surface area (Å²) in [6.45, 7) is 11.8. The second kappa shape index (κ2) is 13.4. The number of nitrogens with zero attached hydrogens (tertiary/aromatic N) is 3. The summed E-state index contributed by atoms with van der Waals surface area (Å²) in [6, 6.07) is 8.52. The van der Waals surface area contributed by atoms with Crippen molar-refractivity contribution in [1.29, 1.82) is 0 Å². The molecule has 2 amide bonds. The number of benzene rings is 1. The summed E-state index contributed by atoms with van der Waals surface area (Å²) in [5, 5.41) is 2.98. The molecule has 1 N–H and O–H groups in total. The molecule has 1 aliphatic heterocycles. The zero-order valence-corrected chi connectivity index (χ0v) is 19.2. The summed E-state index contributed by atoms with van der Waals surface area (Å²) in [6.07, 6.45) is 3.41. The third-order valence-electron chi connectivity index (χ3n) is 5.65. The van der Waals surface area contributed by atoms with Gasteiger partial charge in [0.15, 0.2) is 0 Å². The summed E-state index contributed by atoms with van der Waals surface area (Å²) in [5.74, 6) is 0.185. The van der Waals surface area contributed by atoms with Crippen molar-refractivity contribution in [3.63, 3.8) is 0 Å². The van der Waals surface area contributed by atoms with Crippen molar-refractivity contribution < 1.29 is 9.59 Å². The van der Waals surface area contributed by atoms with Crippen LogP contribution in [0.15, 0.2) is 24.3 Å². The largest absolute Gasteiger partial charge is 0.352 e. The topological polar surface area (TPSA) is 55.9 Å². The number of hydrogen-bond acceptors (Lipinski definition) is 4. The summed E-state index contributed by atoms with van der Waals surface area (Å²) < 4.78 is 0. The van der Waals surface area contributed by atoms with Gasteiger partial charge in [0, 0.05) is 65.2 Å². The molecule has 0 radical (unpaired) electrons. The number of carbonyl (C=O) groups is 2. The average molecular weight is 417 g/mol. The van der Waals surface area contributed by atoms with Gasteiger partial charge in [0.05, 0.1) is 0 Å². The van der Waals surface area contributed by atoms with E-state index in [0.717, 1.165) is 64.2 Å². The third kappa shape index (κ3) is 8.84. The van der Waals surface area contributed by atoms with Gasteiger partial charge in [-0.05, 0) is 37.4 Å². The molecule has 1 fully saturated rings. The lowest BCUT2D eigenvalue weighted by Crippen LogP contribution is -2.43. The van der Waals surface area contributed by atoms with Crippen LogP contribution in [-0.2, 0) is 22.7 Å². The van der Waals surface area contributed by atoms with Gasteiger partial charge in [-0.3, -0.25) is 14.5 Å². The van der Waals surface area contributed by atoms with Crippen LogP contribution in [0.5, 0.6) is 0 Å². The van der Waals surface area contributed by atoms with Gasteiger partial charge in [0.2, 0.25) is 11.8 Å². The van der Waals surface area contributed by atoms with E-state index < -0.39 is 0 Å². The van der Waals surface area contributed by atoms with Gasteiger partial charge < -0.3 is 15.1 Å². The lowest BCUT2D eigenvalue weighted by Gasteiger charge is -2.32. The minimum atomic E-state index is 0.0156. The summed E-state index contributed by atoms with van der Waals surface area (Å²) in [5.41, 5.74) is 2.43. The monoisotopic (exact) mass is 416 g/mol. The zero-order chi connectivity index (χ0) is 21.8. The number of piperazine rings is 1. The maximum absolute atomic E-state index is 12.3. The minimum absolute atomic E-state index is 0.0156. The molecule has 0 unspecified atom stereocenters. The normalized spacial score (nSPS) is 15.2. The maximum Gasteiger partial charge on any atom is 0.222 e. The molecule has 0 saturated carbocycles. The number of carbonyl (C=O) groups excluding carboxylic acids is 2. The van der Waals surface area contributed by atoms with Gasteiger partial charge in [-0.25, -0.2) is 0 Å². The first-order chi connectivity index (χ1) is 14.5. The molecular weight excluding hydrogens is 376 g/mol. The molecule has 0 bridgehead atoms. The fraction of sp³-hybridized carbons (Fsp3) is 0.667. The van der Waals surface area contributed by atoms with E-state index in [0.29, 0.717) is 25.8 Å². The highest BCUT2D eigenvalue weighted by atomic mass is 16.2. The minimum Gasteiger partial charge on any atom is -0.352 e. The molecule has 1 aromatic rings. The Balaban J connectivity index is 1.65. The summed E-state index contributed by atoms with van der Waals surface area (Å²) in [4.78, 5) is 31.2. The van der Waals surface area contributed by atoms with E-state index in [1.54, 1.807) is 0 Å². The predicted octanol–water partition coefficient (Wildman–Crippen LogP) is 2.87. The van der Waals surface area contributed by atoms with Crippen LogP contribution < -0.4 is 5.32 Å². The Morgan fingerprint density at radius 1 is 0.933 bits per heavy atom. The van der Waals surface area contributed by atoms with Crippen LogP contribution in [0.25, 0.3) is 0 Å².